The van der Waals surface area contributed by atoms with Crippen LogP contribution in [0.25, 0.3) is 10.9 Å². The molecule has 124 valence electrons. The number of aromatic nitrogens is 1. The van der Waals surface area contributed by atoms with Crippen molar-refractivity contribution in [3.8, 4) is 5.75 Å². The van der Waals surface area contributed by atoms with Crippen molar-refractivity contribution < 1.29 is 9.84 Å². The topological polar surface area (TPSA) is 54.4 Å². The molecule has 2 aromatic carbocycles. The van der Waals surface area contributed by atoms with Crippen molar-refractivity contribution in [2.75, 3.05) is 11.9 Å². The highest BCUT2D eigenvalue weighted by molar-refractivity contribution is 6.31. The zero-order chi connectivity index (χ0) is 16.9. The second-order valence-corrected chi connectivity index (χ2v) is 5.84. The molecule has 1 heterocycles. The highest BCUT2D eigenvalue weighted by Crippen LogP contribution is 2.26. The molecule has 24 heavy (non-hydrogen) atoms. The molecule has 3 rings (SSSR count). The average molecular weight is 343 g/mol. The van der Waals surface area contributed by atoms with Crippen LogP contribution in [0, 0.1) is 0 Å². The number of hydrogen-bond donors (Lipinski definition) is 2. The molecule has 4 nitrogen and oxygen atoms in total. The van der Waals surface area contributed by atoms with Crippen molar-refractivity contribution in [1.82, 2.24) is 4.98 Å². The Hall–Kier alpha value is -2.30. The third-order valence-electron chi connectivity index (χ3n) is 3.76. The van der Waals surface area contributed by atoms with Gasteiger partial charge in [0, 0.05) is 34.4 Å². The fraction of sp³-hybridized carbons (Fsp3) is 0.211. The lowest BCUT2D eigenvalue weighted by molar-refractivity contribution is 0.267. The SMILES string of the molecule is CCOc1ccc(NCc2cc(Cl)cc3cccnc23)cc1CO. The third-order valence-corrected chi connectivity index (χ3v) is 3.98. The quantitative estimate of drug-likeness (QED) is 0.697. The van der Waals surface area contributed by atoms with Gasteiger partial charge in [-0.15, -0.1) is 0 Å². The van der Waals surface area contributed by atoms with Gasteiger partial charge in [-0.2, -0.15) is 0 Å². The van der Waals surface area contributed by atoms with Crippen LogP contribution >= 0.6 is 11.6 Å². The molecule has 2 N–H and O–H groups in total. The second-order valence-electron chi connectivity index (χ2n) is 5.41. The summed E-state index contributed by atoms with van der Waals surface area (Å²) in [6.45, 7) is 3.02. The van der Waals surface area contributed by atoms with Crippen LogP contribution in [0.15, 0.2) is 48.7 Å². The number of aliphatic hydroxyl groups excluding tert-OH is 1. The Bertz CT molecular complexity index is 852. The Kier molecular flexibility index (Phi) is 5.18. The monoisotopic (exact) mass is 342 g/mol. The molecule has 0 aliphatic heterocycles. The largest absolute Gasteiger partial charge is 0.494 e. The van der Waals surface area contributed by atoms with Crippen molar-refractivity contribution in [2.45, 2.75) is 20.1 Å². The standard InChI is InChI=1S/C19H19ClN2O2/c1-2-24-18-6-5-17(10-15(18)12-23)22-11-14-9-16(20)8-13-4-3-7-21-19(13)14/h3-10,22-23H,2,11-12H2,1H3. The molecule has 0 aliphatic rings. The van der Waals surface area contributed by atoms with Gasteiger partial charge in [0.1, 0.15) is 5.75 Å². The van der Waals surface area contributed by atoms with Gasteiger partial charge in [-0.3, -0.25) is 4.98 Å². The second kappa shape index (κ2) is 7.51. The van der Waals surface area contributed by atoms with Crippen LogP contribution in [0.3, 0.4) is 0 Å². The van der Waals surface area contributed by atoms with Gasteiger partial charge in [-0.05, 0) is 48.9 Å². The van der Waals surface area contributed by atoms with Gasteiger partial charge >= 0.3 is 0 Å². The molecule has 5 heteroatoms. The van der Waals surface area contributed by atoms with Gasteiger partial charge in [0.05, 0.1) is 18.7 Å². The molecule has 1 aromatic heterocycles. The van der Waals surface area contributed by atoms with Gasteiger partial charge in [0.2, 0.25) is 0 Å². The molecule has 0 amide bonds. The number of fused-ring (bicyclic) bond motifs is 1. The summed E-state index contributed by atoms with van der Waals surface area (Å²) in [4.78, 5) is 4.45. The molecule has 0 saturated carbocycles. The van der Waals surface area contributed by atoms with Gasteiger partial charge in [0.15, 0.2) is 0 Å². The minimum atomic E-state index is -0.0630. The van der Waals surface area contributed by atoms with E-state index in [1.54, 1.807) is 6.20 Å². The molecule has 3 aromatic rings. The highest BCUT2D eigenvalue weighted by atomic mass is 35.5. The van der Waals surface area contributed by atoms with Crippen LogP contribution in [-0.2, 0) is 13.2 Å². The predicted octanol–water partition coefficient (Wildman–Crippen LogP) is 4.39. The lowest BCUT2D eigenvalue weighted by atomic mass is 10.1. The molecule has 0 spiro atoms. The van der Waals surface area contributed by atoms with E-state index in [0.717, 1.165) is 27.7 Å². The Morgan fingerprint density at radius 2 is 2.04 bits per heavy atom. The number of aliphatic hydroxyl groups is 1. The normalized spacial score (nSPS) is 10.8. The zero-order valence-electron chi connectivity index (χ0n) is 13.4. The van der Waals surface area contributed by atoms with E-state index in [0.29, 0.717) is 23.9 Å². The summed E-state index contributed by atoms with van der Waals surface area (Å²) in [6.07, 6.45) is 1.78. The minimum absolute atomic E-state index is 0.0630. The van der Waals surface area contributed by atoms with Crippen molar-refractivity contribution in [1.29, 1.82) is 0 Å². The van der Waals surface area contributed by atoms with E-state index >= 15 is 0 Å². The van der Waals surface area contributed by atoms with Crippen LogP contribution in [0.4, 0.5) is 5.69 Å². The van der Waals surface area contributed by atoms with Crippen LogP contribution < -0.4 is 10.1 Å². The van der Waals surface area contributed by atoms with Crippen molar-refractivity contribution in [3.63, 3.8) is 0 Å². The van der Waals surface area contributed by atoms with Crippen molar-refractivity contribution in [3.05, 3.63) is 64.8 Å². The van der Waals surface area contributed by atoms with E-state index in [1.807, 2.05) is 49.4 Å². The molecule has 0 fully saturated rings. The maximum absolute atomic E-state index is 9.50. The Labute approximate surface area is 146 Å². The first-order chi connectivity index (χ1) is 11.7. The maximum Gasteiger partial charge on any atom is 0.124 e. The number of pyridine rings is 1. The van der Waals surface area contributed by atoms with Gasteiger partial charge < -0.3 is 15.2 Å². The average Bonchev–Trinajstić information content (AvgIpc) is 2.60. The lowest BCUT2D eigenvalue weighted by Gasteiger charge is -2.13. The number of rotatable bonds is 6. The van der Waals surface area contributed by atoms with Gasteiger partial charge in [-0.1, -0.05) is 17.7 Å². The highest BCUT2D eigenvalue weighted by Gasteiger charge is 2.07. The third kappa shape index (κ3) is 3.61. The number of halogens is 1. The number of hydrogen-bond acceptors (Lipinski definition) is 4. The van der Waals surface area contributed by atoms with Crippen LogP contribution in [0.2, 0.25) is 5.02 Å². The number of nitrogens with one attached hydrogen (secondary N) is 1. The fourth-order valence-corrected chi connectivity index (χ4v) is 2.92. The van der Waals surface area contributed by atoms with E-state index < -0.39 is 0 Å². The summed E-state index contributed by atoms with van der Waals surface area (Å²) < 4.78 is 5.50. The molecule has 0 atom stereocenters. The van der Waals surface area contributed by atoms with E-state index in [-0.39, 0.29) is 6.61 Å². The summed E-state index contributed by atoms with van der Waals surface area (Å²) in [7, 11) is 0. The molecular weight excluding hydrogens is 324 g/mol. The maximum atomic E-state index is 9.50. The molecule has 0 bridgehead atoms. The first kappa shape index (κ1) is 16.6. The first-order valence-corrected chi connectivity index (χ1v) is 8.22. The van der Waals surface area contributed by atoms with Crippen LogP contribution in [0.5, 0.6) is 5.75 Å². The molecule has 0 aliphatic carbocycles. The summed E-state index contributed by atoms with van der Waals surface area (Å²) in [5.74, 6) is 0.709. The van der Waals surface area contributed by atoms with Crippen LogP contribution in [0.1, 0.15) is 18.1 Å². The Morgan fingerprint density at radius 1 is 1.17 bits per heavy atom. The minimum Gasteiger partial charge on any atom is -0.494 e. The number of anilines is 1. The van der Waals surface area contributed by atoms with Crippen molar-refractivity contribution in [2.24, 2.45) is 0 Å². The molecule has 0 radical (unpaired) electrons. The molecule has 0 unspecified atom stereocenters. The Balaban J connectivity index is 1.83. The van der Waals surface area contributed by atoms with Gasteiger partial charge in [0.25, 0.3) is 0 Å². The van der Waals surface area contributed by atoms with Crippen LogP contribution in [-0.4, -0.2) is 16.7 Å². The number of nitrogens with zero attached hydrogens (tertiary/aromatic N) is 1. The first-order valence-electron chi connectivity index (χ1n) is 7.85. The summed E-state index contributed by atoms with van der Waals surface area (Å²) in [5.41, 5.74) is 3.63. The Morgan fingerprint density at radius 3 is 2.83 bits per heavy atom. The van der Waals surface area contributed by atoms with Crippen molar-refractivity contribution >= 4 is 28.2 Å². The zero-order valence-corrected chi connectivity index (χ0v) is 14.2. The van der Waals surface area contributed by atoms with E-state index in [4.69, 9.17) is 16.3 Å². The van der Waals surface area contributed by atoms with E-state index in [2.05, 4.69) is 10.3 Å². The fourth-order valence-electron chi connectivity index (χ4n) is 2.67. The lowest BCUT2D eigenvalue weighted by Crippen LogP contribution is -2.03. The predicted molar refractivity (Wildman–Crippen MR) is 97.6 cm³/mol. The summed E-state index contributed by atoms with van der Waals surface area (Å²) >= 11 is 6.20. The smallest absolute Gasteiger partial charge is 0.124 e. The summed E-state index contributed by atoms with van der Waals surface area (Å²) in [6, 6.07) is 13.4. The molecule has 0 saturated heterocycles. The number of ether oxygens (including phenoxy) is 1. The van der Waals surface area contributed by atoms with Gasteiger partial charge in [-0.25, -0.2) is 0 Å². The number of benzene rings is 2. The summed E-state index contributed by atoms with van der Waals surface area (Å²) in [5, 5.41) is 14.6. The van der Waals surface area contributed by atoms with E-state index in [9.17, 15) is 5.11 Å². The molecular formula is C19H19ClN2O2. The van der Waals surface area contributed by atoms with E-state index in [1.165, 1.54) is 0 Å².